The first-order chi connectivity index (χ1) is 8.44. The lowest BCUT2D eigenvalue weighted by molar-refractivity contribution is -0.143. The molecule has 0 saturated heterocycles. The Hall–Kier alpha value is -1.24. The fourth-order valence-electron chi connectivity index (χ4n) is 2.01. The van der Waals surface area contributed by atoms with Crippen LogP contribution in [0, 0.1) is 0 Å². The van der Waals surface area contributed by atoms with Crippen LogP contribution < -0.4 is 5.73 Å². The van der Waals surface area contributed by atoms with E-state index < -0.39 is 34.9 Å². The first kappa shape index (κ1) is 14.2. The van der Waals surface area contributed by atoms with Crippen LogP contribution in [0.3, 0.4) is 0 Å². The molecule has 0 aliphatic heterocycles. The van der Waals surface area contributed by atoms with Crippen molar-refractivity contribution in [2.75, 3.05) is 0 Å². The second-order valence-electron chi connectivity index (χ2n) is 5.02. The van der Waals surface area contributed by atoms with Gasteiger partial charge in [0.15, 0.2) is 0 Å². The Morgan fingerprint density at radius 2 is 1.37 bits per heavy atom. The third kappa shape index (κ3) is 2.56. The summed E-state index contributed by atoms with van der Waals surface area (Å²) in [6.07, 6.45) is -9.25. The minimum absolute atomic E-state index is 0.0119. The molecule has 0 spiro atoms. The molecule has 1 saturated carbocycles. The third-order valence-electron chi connectivity index (χ3n) is 3.55. The molecule has 1 aliphatic rings. The first-order valence-corrected chi connectivity index (χ1v) is 5.50. The van der Waals surface area contributed by atoms with Crippen molar-refractivity contribution in [3.8, 4) is 0 Å². The highest BCUT2D eigenvalue weighted by Gasteiger charge is 2.50. The lowest BCUT2D eigenvalue weighted by atomic mass is 9.93. The Bertz CT molecular complexity index is 472. The van der Waals surface area contributed by atoms with E-state index in [-0.39, 0.29) is 11.6 Å². The maximum absolute atomic E-state index is 12.6. The summed E-state index contributed by atoms with van der Waals surface area (Å²) < 4.78 is 75.9. The molecule has 19 heavy (non-hydrogen) atoms. The average molecular weight is 283 g/mol. The van der Waals surface area contributed by atoms with Gasteiger partial charge in [0.25, 0.3) is 0 Å². The van der Waals surface area contributed by atoms with E-state index in [1.807, 2.05) is 0 Å². The van der Waals surface area contributed by atoms with Gasteiger partial charge in [-0.25, -0.2) is 0 Å². The zero-order valence-corrected chi connectivity index (χ0v) is 9.86. The van der Waals surface area contributed by atoms with Crippen molar-refractivity contribution in [1.29, 1.82) is 0 Å². The quantitative estimate of drug-likeness (QED) is 0.781. The van der Waals surface area contributed by atoms with Crippen LogP contribution in [0.5, 0.6) is 0 Å². The highest BCUT2D eigenvalue weighted by molar-refractivity contribution is 5.42. The molecule has 0 amide bonds. The second-order valence-corrected chi connectivity index (χ2v) is 5.02. The molecule has 1 aromatic carbocycles. The summed E-state index contributed by atoms with van der Waals surface area (Å²) in [6.45, 7) is 1.56. The van der Waals surface area contributed by atoms with Gasteiger partial charge in [0.2, 0.25) is 0 Å². The maximum Gasteiger partial charge on any atom is 0.416 e. The summed E-state index contributed by atoms with van der Waals surface area (Å²) in [5, 5.41) is 0. The fourth-order valence-corrected chi connectivity index (χ4v) is 2.01. The molecular formula is C12H11F6N. The van der Waals surface area contributed by atoms with Crippen molar-refractivity contribution in [3.05, 3.63) is 34.9 Å². The molecule has 1 aliphatic carbocycles. The molecule has 1 fully saturated rings. The van der Waals surface area contributed by atoms with E-state index >= 15 is 0 Å². The molecule has 0 heterocycles. The summed E-state index contributed by atoms with van der Waals surface area (Å²) in [4.78, 5) is 0. The molecule has 2 N–H and O–H groups in total. The molecular weight excluding hydrogens is 272 g/mol. The van der Waals surface area contributed by atoms with Gasteiger partial charge in [0.1, 0.15) is 0 Å². The Morgan fingerprint density at radius 3 is 1.63 bits per heavy atom. The lowest BCUT2D eigenvalue weighted by Crippen LogP contribution is -2.18. The van der Waals surface area contributed by atoms with Crippen LogP contribution in [0.4, 0.5) is 26.3 Å². The summed E-state index contributed by atoms with van der Waals surface area (Å²) in [5.74, 6) is 0. The standard InChI is InChI=1S/C12H11F6N/c1-10(5-9(10)19)6-2-7(11(13,14)15)4-8(3-6)12(16,17)18/h2-4,9H,5,19H2,1H3. The van der Waals surface area contributed by atoms with E-state index in [1.54, 1.807) is 6.92 Å². The Morgan fingerprint density at radius 1 is 1.00 bits per heavy atom. The first-order valence-electron chi connectivity index (χ1n) is 5.50. The number of halogens is 6. The van der Waals surface area contributed by atoms with E-state index in [1.165, 1.54) is 0 Å². The maximum atomic E-state index is 12.6. The van der Waals surface area contributed by atoms with Crippen molar-refractivity contribution >= 4 is 0 Å². The monoisotopic (exact) mass is 283 g/mol. The molecule has 0 bridgehead atoms. The molecule has 1 aromatic rings. The minimum atomic E-state index is -4.81. The van der Waals surface area contributed by atoms with Crippen LogP contribution in [-0.2, 0) is 17.8 Å². The highest BCUT2D eigenvalue weighted by atomic mass is 19.4. The van der Waals surface area contributed by atoms with E-state index in [4.69, 9.17) is 5.73 Å². The smallest absolute Gasteiger partial charge is 0.327 e. The van der Waals surface area contributed by atoms with E-state index in [9.17, 15) is 26.3 Å². The van der Waals surface area contributed by atoms with Gasteiger partial charge in [-0.05, 0) is 30.2 Å². The SMILES string of the molecule is CC1(c2cc(C(F)(F)F)cc(C(F)(F)F)c2)CC1N. The summed E-state index contributed by atoms with van der Waals surface area (Å²) in [6, 6.07) is 1.22. The topological polar surface area (TPSA) is 26.0 Å². The van der Waals surface area contributed by atoms with Crippen LogP contribution in [0.15, 0.2) is 18.2 Å². The largest absolute Gasteiger partial charge is 0.416 e. The van der Waals surface area contributed by atoms with Gasteiger partial charge in [-0.2, -0.15) is 26.3 Å². The fraction of sp³-hybridized carbons (Fsp3) is 0.500. The van der Waals surface area contributed by atoms with E-state index in [2.05, 4.69) is 0 Å². The predicted octanol–water partition coefficient (Wildman–Crippen LogP) is 3.71. The predicted molar refractivity (Wildman–Crippen MR) is 56.4 cm³/mol. The van der Waals surface area contributed by atoms with Crippen LogP contribution in [0.2, 0.25) is 0 Å². The number of hydrogen-bond acceptors (Lipinski definition) is 1. The van der Waals surface area contributed by atoms with Crippen molar-refractivity contribution in [2.45, 2.75) is 37.2 Å². The molecule has 1 nitrogen and oxygen atoms in total. The molecule has 106 valence electrons. The number of benzene rings is 1. The van der Waals surface area contributed by atoms with Crippen LogP contribution in [-0.4, -0.2) is 6.04 Å². The van der Waals surface area contributed by atoms with Gasteiger partial charge < -0.3 is 5.73 Å². The molecule has 0 radical (unpaired) electrons. The number of alkyl halides is 6. The Kier molecular flexibility index (Phi) is 2.89. The highest BCUT2D eigenvalue weighted by Crippen LogP contribution is 2.49. The summed E-state index contributed by atoms with van der Waals surface area (Å²) in [7, 11) is 0. The van der Waals surface area contributed by atoms with Gasteiger partial charge >= 0.3 is 12.4 Å². The van der Waals surface area contributed by atoms with E-state index in [0.717, 1.165) is 12.1 Å². The second kappa shape index (κ2) is 3.88. The molecule has 0 aromatic heterocycles. The minimum Gasteiger partial charge on any atom is -0.327 e. The zero-order chi connectivity index (χ0) is 14.6. The molecule has 7 heteroatoms. The average Bonchev–Trinajstić information content (AvgIpc) is 2.85. The summed E-state index contributed by atoms with van der Waals surface area (Å²) >= 11 is 0. The van der Waals surface area contributed by atoms with Crippen molar-refractivity contribution in [3.63, 3.8) is 0 Å². The van der Waals surface area contributed by atoms with Crippen molar-refractivity contribution in [2.24, 2.45) is 5.73 Å². The van der Waals surface area contributed by atoms with Gasteiger partial charge in [-0.1, -0.05) is 6.92 Å². The van der Waals surface area contributed by atoms with Crippen LogP contribution in [0.25, 0.3) is 0 Å². The van der Waals surface area contributed by atoms with Crippen LogP contribution in [0.1, 0.15) is 30.0 Å². The molecule has 2 unspecified atom stereocenters. The normalized spacial score (nSPS) is 27.5. The van der Waals surface area contributed by atoms with E-state index in [0.29, 0.717) is 6.42 Å². The zero-order valence-electron chi connectivity index (χ0n) is 9.86. The molecule has 2 rings (SSSR count). The lowest BCUT2D eigenvalue weighted by Gasteiger charge is -2.17. The number of nitrogens with two attached hydrogens (primary N) is 1. The number of rotatable bonds is 1. The van der Waals surface area contributed by atoms with Gasteiger partial charge in [-0.15, -0.1) is 0 Å². The third-order valence-corrected chi connectivity index (χ3v) is 3.55. The van der Waals surface area contributed by atoms with Crippen molar-refractivity contribution < 1.29 is 26.3 Å². The Balaban J connectivity index is 2.57. The summed E-state index contributed by atoms with van der Waals surface area (Å²) in [5.41, 5.74) is 2.18. The van der Waals surface area contributed by atoms with Crippen LogP contribution >= 0.6 is 0 Å². The van der Waals surface area contributed by atoms with Gasteiger partial charge in [0, 0.05) is 11.5 Å². The van der Waals surface area contributed by atoms with Gasteiger partial charge in [-0.3, -0.25) is 0 Å². The Labute approximate surface area is 105 Å². The van der Waals surface area contributed by atoms with Crippen molar-refractivity contribution in [1.82, 2.24) is 0 Å². The molecule has 2 atom stereocenters. The van der Waals surface area contributed by atoms with Gasteiger partial charge in [0.05, 0.1) is 11.1 Å². The number of hydrogen-bond donors (Lipinski definition) is 1.